The van der Waals surface area contributed by atoms with Gasteiger partial charge in [-0.3, -0.25) is 4.79 Å². The molecule has 0 aliphatic heterocycles. The van der Waals surface area contributed by atoms with Crippen LogP contribution in [0.3, 0.4) is 0 Å². The molecule has 4 nitrogen and oxygen atoms in total. The number of ether oxygens (including phenoxy) is 1. The van der Waals surface area contributed by atoms with Gasteiger partial charge in [0.25, 0.3) is 0 Å². The first-order chi connectivity index (χ1) is 8.07. The van der Waals surface area contributed by atoms with E-state index >= 15 is 0 Å². The summed E-state index contributed by atoms with van der Waals surface area (Å²) in [5.74, 6) is -0.144. The van der Waals surface area contributed by atoms with E-state index in [1.165, 1.54) is 12.8 Å². The summed E-state index contributed by atoms with van der Waals surface area (Å²) in [4.78, 5) is 14.3. The van der Waals surface area contributed by atoms with Crippen LogP contribution in [0.1, 0.15) is 40.0 Å². The van der Waals surface area contributed by atoms with Gasteiger partial charge >= 0.3 is 5.97 Å². The fraction of sp³-hybridized carbons (Fsp3) is 0.923. The Bertz CT molecular complexity index is 254. The third kappa shape index (κ3) is 3.96. The van der Waals surface area contributed by atoms with Crippen LogP contribution >= 0.6 is 0 Å². The predicted octanol–water partition coefficient (Wildman–Crippen LogP) is 1.40. The monoisotopic (exact) mass is 242 g/mol. The first-order valence-electron chi connectivity index (χ1n) is 6.67. The number of rotatable bonds is 8. The van der Waals surface area contributed by atoms with Crippen molar-refractivity contribution in [3.63, 3.8) is 0 Å². The molecule has 0 aromatic rings. The largest absolute Gasteiger partial charge is 0.465 e. The zero-order valence-corrected chi connectivity index (χ0v) is 11.6. The van der Waals surface area contributed by atoms with Crippen LogP contribution in [-0.4, -0.2) is 49.2 Å². The zero-order chi connectivity index (χ0) is 12.9. The molecule has 1 aliphatic carbocycles. The van der Waals surface area contributed by atoms with E-state index in [4.69, 9.17) is 4.74 Å². The SMILES string of the molecule is CCOC(=O)C(C)(CCN(CC)C1CC1)NC. The smallest absolute Gasteiger partial charge is 0.326 e. The van der Waals surface area contributed by atoms with Crippen LogP contribution < -0.4 is 5.32 Å². The lowest BCUT2D eigenvalue weighted by atomic mass is 9.98. The molecule has 1 saturated carbocycles. The minimum Gasteiger partial charge on any atom is -0.465 e. The molecule has 1 atom stereocenters. The van der Waals surface area contributed by atoms with Crippen LogP contribution in [0.15, 0.2) is 0 Å². The number of carbonyl (C=O) groups excluding carboxylic acids is 1. The van der Waals surface area contributed by atoms with E-state index in [1.807, 2.05) is 20.9 Å². The first kappa shape index (κ1) is 14.5. The molecule has 1 unspecified atom stereocenters. The van der Waals surface area contributed by atoms with E-state index in [2.05, 4.69) is 17.1 Å². The summed E-state index contributed by atoms with van der Waals surface area (Å²) in [6, 6.07) is 0.753. The molecular weight excluding hydrogens is 216 g/mol. The Morgan fingerprint density at radius 2 is 2.12 bits per heavy atom. The highest BCUT2D eigenvalue weighted by molar-refractivity contribution is 5.80. The van der Waals surface area contributed by atoms with Gasteiger partial charge in [0.2, 0.25) is 0 Å². The Balaban J connectivity index is 2.46. The molecule has 0 aromatic carbocycles. The number of nitrogens with zero attached hydrogens (tertiary/aromatic N) is 1. The van der Waals surface area contributed by atoms with Crippen molar-refractivity contribution >= 4 is 5.97 Å². The van der Waals surface area contributed by atoms with Crippen molar-refractivity contribution < 1.29 is 9.53 Å². The minimum absolute atomic E-state index is 0.144. The molecule has 100 valence electrons. The van der Waals surface area contributed by atoms with Gasteiger partial charge in [0, 0.05) is 12.6 Å². The third-order valence-corrected chi connectivity index (χ3v) is 3.65. The van der Waals surface area contributed by atoms with E-state index in [1.54, 1.807) is 0 Å². The van der Waals surface area contributed by atoms with Crippen LogP contribution in [0.25, 0.3) is 0 Å². The average Bonchev–Trinajstić information content (AvgIpc) is 3.14. The maximum absolute atomic E-state index is 11.9. The molecular formula is C13H26N2O2. The minimum atomic E-state index is -0.557. The predicted molar refractivity (Wildman–Crippen MR) is 69.0 cm³/mol. The fourth-order valence-electron chi connectivity index (χ4n) is 2.03. The molecule has 17 heavy (non-hydrogen) atoms. The molecule has 0 heterocycles. The zero-order valence-electron chi connectivity index (χ0n) is 11.6. The summed E-state index contributed by atoms with van der Waals surface area (Å²) < 4.78 is 5.12. The van der Waals surface area contributed by atoms with Gasteiger partial charge in [-0.1, -0.05) is 6.92 Å². The summed E-state index contributed by atoms with van der Waals surface area (Å²) in [5.41, 5.74) is -0.557. The second-order valence-electron chi connectivity index (χ2n) is 4.91. The Labute approximate surface area is 105 Å². The highest BCUT2D eigenvalue weighted by atomic mass is 16.5. The van der Waals surface area contributed by atoms with E-state index in [9.17, 15) is 4.79 Å². The van der Waals surface area contributed by atoms with Crippen molar-refractivity contribution in [1.82, 2.24) is 10.2 Å². The van der Waals surface area contributed by atoms with Crippen molar-refractivity contribution in [2.75, 3.05) is 26.7 Å². The van der Waals surface area contributed by atoms with Crippen LogP contribution in [-0.2, 0) is 9.53 Å². The Kier molecular flexibility index (Phi) is 5.40. The van der Waals surface area contributed by atoms with Gasteiger partial charge < -0.3 is 15.0 Å². The number of hydrogen-bond acceptors (Lipinski definition) is 4. The summed E-state index contributed by atoms with van der Waals surface area (Å²) in [6.45, 7) is 8.41. The lowest BCUT2D eigenvalue weighted by molar-refractivity contribution is -0.150. The average molecular weight is 242 g/mol. The summed E-state index contributed by atoms with van der Waals surface area (Å²) in [5, 5.41) is 3.10. The molecule has 0 amide bonds. The number of carbonyl (C=O) groups is 1. The first-order valence-corrected chi connectivity index (χ1v) is 6.67. The Morgan fingerprint density at radius 3 is 2.53 bits per heavy atom. The second-order valence-corrected chi connectivity index (χ2v) is 4.91. The molecule has 0 aromatic heterocycles. The number of likely N-dealkylation sites (N-methyl/N-ethyl adjacent to an activating group) is 1. The summed E-state index contributed by atoms with van der Waals surface area (Å²) in [7, 11) is 1.82. The topological polar surface area (TPSA) is 41.6 Å². The number of nitrogens with one attached hydrogen (secondary N) is 1. The molecule has 4 heteroatoms. The normalized spacial score (nSPS) is 19.1. The van der Waals surface area contributed by atoms with E-state index < -0.39 is 5.54 Å². The molecule has 0 bridgehead atoms. The van der Waals surface area contributed by atoms with Gasteiger partial charge in [0.05, 0.1) is 6.61 Å². The molecule has 0 radical (unpaired) electrons. The highest BCUT2D eigenvalue weighted by Gasteiger charge is 2.35. The Morgan fingerprint density at radius 1 is 1.47 bits per heavy atom. The van der Waals surface area contributed by atoms with Crippen molar-refractivity contribution in [2.45, 2.75) is 51.6 Å². The molecule has 1 N–H and O–H groups in total. The molecule has 1 fully saturated rings. The molecule has 1 rings (SSSR count). The maximum Gasteiger partial charge on any atom is 0.326 e. The van der Waals surface area contributed by atoms with Crippen molar-refractivity contribution in [1.29, 1.82) is 0 Å². The van der Waals surface area contributed by atoms with Crippen molar-refractivity contribution in [3.05, 3.63) is 0 Å². The lowest BCUT2D eigenvalue weighted by Crippen LogP contribution is -2.50. The van der Waals surface area contributed by atoms with E-state index in [0.29, 0.717) is 6.61 Å². The van der Waals surface area contributed by atoms with Gasteiger partial charge in [-0.05, 0) is 46.7 Å². The number of hydrogen-bond donors (Lipinski definition) is 1. The van der Waals surface area contributed by atoms with Crippen LogP contribution in [0.5, 0.6) is 0 Å². The molecule has 0 spiro atoms. The van der Waals surface area contributed by atoms with Gasteiger partial charge in [0.15, 0.2) is 0 Å². The van der Waals surface area contributed by atoms with Gasteiger partial charge in [-0.25, -0.2) is 0 Å². The Hall–Kier alpha value is -0.610. The standard InChI is InChI=1S/C13H26N2O2/c1-5-15(11-7-8-11)10-9-13(3,14-4)12(16)17-6-2/h11,14H,5-10H2,1-4H3. The molecule has 0 saturated heterocycles. The van der Waals surface area contributed by atoms with Gasteiger partial charge in [-0.15, -0.1) is 0 Å². The van der Waals surface area contributed by atoms with Crippen molar-refractivity contribution in [2.24, 2.45) is 0 Å². The summed E-state index contributed by atoms with van der Waals surface area (Å²) in [6.07, 6.45) is 3.42. The second kappa shape index (κ2) is 6.36. The summed E-state index contributed by atoms with van der Waals surface area (Å²) >= 11 is 0. The van der Waals surface area contributed by atoms with Gasteiger partial charge in [0.1, 0.15) is 5.54 Å². The maximum atomic E-state index is 11.9. The highest BCUT2D eigenvalue weighted by Crippen LogP contribution is 2.27. The van der Waals surface area contributed by atoms with E-state index in [0.717, 1.165) is 25.6 Å². The van der Waals surface area contributed by atoms with Crippen LogP contribution in [0, 0.1) is 0 Å². The number of esters is 1. The molecule has 1 aliphatic rings. The van der Waals surface area contributed by atoms with Gasteiger partial charge in [-0.2, -0.15) is 0 Å². The fourth-order valence-corrected chi connectivity index (χ4v) is 2.03. The lowest BCUT2D eigenvalue weighted by Gasteiger charge is -2.30. The van der Waals surface area contributed by atoms with Crippen molar-refractivity contribution in [3.8, 4) is 0 Å². The van der Waals surface area contributed by atoms with Crippen LogP contribution in [0.2, 0.25) is 0 Å². The van der Waals surface area contributed by atoms with E-state index in [-0.39, 0.29) is 5.97 Å². The quantitative estimate of drug-likeness (QED) is 0.653. The third-order valence-electron chi connectivity index (χ3n) is 3.65. The van der Waals surface area contributed by atoms with Crippen LogP contribution in [0.4, 0.5) is 0 Å².